The molecule has 48 heavy (non-hydrogen) atoms. The summed E-state index contributed by atoms with van der Waals surface area (Å²) in [6.07, 6.45) is 4.00. The van der Waals surface area contributed by atoms with Gasteiger partial charge in [0.2, 0.25) is 0 Å². The Hall–Kier alpha value is -1.78. The van der Waals surface area contributed by atoms with E-state index in [2.05, 4.69) is 48.5 Å². The second kappa shape index (κ2) is 21.4. The maximum Gasteiger partial charge on any atom is 1.00 e. The zero-order valence-electron chi connectivity index (χ0n) is 29.7. The normalized spacial score (nSPS) is 23.5. The van der Waals surface area contributed by atoms with Crippen LogP contribution >= 0.6 is 14.6 Å². The van der Waals surface area contributed by atoms with E-state index < -0.39 is 14.6 Å². The van der Waals surface area contributed by atoms with Crippen molar-refractivity contribution in [2.75, 3.05) is 35.3 Å². The van der Waals surface area contributed by atoms with Gasteiger partial charge >= 0.3 is 29.6 Å². The van der Waals surface area contributed by atoms with Crippen LogP contribution in [-0.4, -0.2) is 44.6 Å². The van der Waals surface area contributed by atoms with Crippen molar-refractivity contribution in [3.63, 3.8) is 0 Å². The molecule has 4 aromatic carbocycles. The van der Waals surface area contributed by atoms with Gasteiger partial charge in [-0.15, -0.1) is 0 Å². The molecule has 256 valence electrons. The van der Waals surface area contributed by atoms with Crippen LogP contribution in [0.3, 0.4) is 0 Å². The van der Waals surface area contributed by atoms with E-state index in [1.807, 2.05) is 124 Å². The molecule has 0 amide bonds. The van der Waals surface area contributed by atoms with Crippen molar-refractivity contribution in [2.45, 2.75) is 69.6 Å². The van der Waals surface area contributed by atoms with Gasteiger partial charge in [0.15, 0.2) is 14.6 Å². The van der Waals surface area contributed by atoms with E-state index in [0.29, 0.717) is 0 Å². The average molecular weight is 699 g/mol. The van der Waals surface area contributed by atoms with Crippen LogP contribution < -0.4 is 34.7 Å². The van der Waals surface area contributed by atoms with Crippen LogP contribution in [0, 0.1) is 0 Å². The zero-order chi connectivity index (χ0) is 33.7. The van der Waals surface area contributed by atoms with Gasteiger partial charge in [-0.3, -0.25) is 9.34 Å². The van der Waals surface area contributed by atoms with E-state index in [-0.39, 0.29) is 59.6 Å². The van der Waals surface area contributed by atoms with Gasteiger partial charge in [0, 0.05) is 0 Å². The van der Waals surface area contributed by atoms with E-state index in [1.165, 1.54) is 22.3 Å². The summed E-state index contributed by atoms with van der Waals surface area (Å²) in [5, 5.41) is 8.25. The van der Waals surface area contributed by atoms with Gasteiger partial charge < -0.3 is 14.2 Å². The second-order valence-corrected chi connectivity index (χ2v) is 18.7. The standard InChI is InChI=1S/2C18H22NOP.C2H6.CH3O.CH4.Na/c2*1-19(2)21(20)17(15-9-5-3-6-10-15)13-14-18(21)16-11-7-4-8-12-16;2*1-2;;/h2*3-12,17-18H,13-14H2,1-2H3;1-2H3;1H3;1H4;/q;;;-1;;+1/t17-,18+,21?;17-,18-;;;;/m.1..../s1. The molecule has 0 spiro atoms. The molecule has 0 aromatic heterocycles. The maximum absolute atomic E-state index is 13.9. The molecule has 5 nitrogen and oxygen atoms in total. The fourth-order valence-electron chi connectivity index (χ4n) is 7.14. The molecule has 6 rings (SSSR count). The first-order valence-electron chi connectivity index (χ1n) is 16.4. The first kappa shape index (κ1) is 44.2. The Kier molecular flexibility index (Phi) is 19.8. The minimum Gasteiger partial charge on any atom is -0.857 e. The van der Waals surface area contributed by atoms with Crippen LogP contribution in [0.2, 0.25) is 0 Å². The predicted molar refractivity (Wildman–Crippen MR) is 202 cm³/mol. The summed E-state index contributed by atoms with van der Waals surface area (Å²) in [7, 11) is 3.69. The Labute approximate surface area is 314 Å². The third kappa shape index (κ3) is 9.71. The third-order valence-electron chi connectivity index (χ3n) is 9.20. The molecule has 2 aliphatic rings. The summed E-state index contributed by atoms with van der Waals surface area (Å²) in [6, 6.07) is 41.4. The first-order valence-corrected chi connectivity index (χ1v) is 20.0. The molecule has 4 aromatic rings. The van der Waals surface area contributed by atoms with Gasteiger partial charge in [-0.05, 0) is 76.1 Å². The van der Waals surface area contributed by atoms with Crippen molar-refractivity contribution in [2.24, 2.45) is 0 Å². The Morgan fingerprint density at radius 2 is 0.625 bits per heavy atom. The summed E-state index contributed by atoms with van der Waals surface area (Å²) in [5.74, 6) is 0. The third-order valence-corrected chi connectivity index (χ3v) is 17.5. The van der Waals surface area contributed by atoms with Gasteiger partial charge in [-0.1, -0.05) is 143 Å². The predicted octanol–water partition coefficient (Wildman–Crippen LogP) is 7.85. The molecular formula is C40H57N2NaO3P2. The molecule has 0 saturated carbocycles. The maximum atomic E-state index is 13.9. The second-order valence-electron chi connectivity index (χ2n) is 11.9. The summed E-state index contributed by atoms with van der Waals surface area (Å²) >= 11 is 0. The van der Waals surface area contributed by atoms with Gasteiger partial charge in [0.25, 0.3) is 0 Å². The number of rotatable bonds is 6. The molecule has 0 N–H and O–H groups in total. The smallest absolute Gasteiger partial charge is 0.857 e. The molecule has 2 fully saturated rings. The molecule has 0 aliphatic carbocycles. The van der Waals surface area contributed by atoms with Crippen LogP contribution in [0.25, 0.3) is 0 Å². The topological polar surface area (TPSA) is 63.7 Å². The van der Waals surface area contributed by atoms with Crippen molar-refractivity contribution in [1.29, 1.82) is 0 Å². The molecule has 2 heterocycles. The molecule has 8 heteroatoms. The molecule has 0 bridgehead atoms. The number of hydrogen-bond donors (Lipinski definition) is 0. The minimum absolute atomic E-state index is 0. The monoisotopic (exact) mass is 698 g/mol. The van der Waals surface area contributed by atoms with Crippen LogP contribution in [-0.2, 0) is 9.13 Å². The quantitative estimate of drug-likeness (QED) is 0.152. The number of hydrogen-bond acceptors (Lipinski definition) is 3. The number of benzene rings is 4. The average Bonchev–Trinajstić information content (AvgIpc) is 3.67. The van der Waals surface area contributed by atoms with E-state index in [1.54, 1.807) is 0 Å². The molecule has 5 atom stereocenters. The number of nitrogens with zero attached hydrogens (tertiary/aromatic N) is 2. The van der Waals surface area contributed by atoms with Gasteiger partial charge in [-0.2, -0.15) is 7.11 Å². The van der Waals surface area contributed by atoms with Crippen molar-refractivity contribution < 1.29 is 43.8 Å². The van der Waals surface area contributed by atoms with Crippen LogP contribution in [0.5, 0.6) is 0 Å². The van der Waals surface area contributed by atoms with Gasteiger partial charge in [0.05, 0.1) is 22.6 Å². The van der Waals surface area contributed by atoms with Crippen molar-refractivity contribution in [3.05, 3.63) is 144 Å². The zero-order valence-corrected chi connectivity index (χ0v) is 33.5. The summed E-state index contributed by atoms with van der Waals surface area (Å²) in [4.78, 5) is 0. The molecule has 2 aliphatic heterocycles. The molecule has 2 saturated heterocycles. The van der Waals surface area contributed by atoms with Crippen molar-refractivity contribution in [3.8, 4) is 0 Å². The summed E-state index contributed by atoms with van der Waals surface area (Å²) in [6.45, 7) is 4.00. The fourth-order valence-corrected chi connectivity index (χ4v) is 14.7. The Morgan fingerprint density at radius 3 is 0.771 bits per heavy atom. The first-order chi connectivity index (χ1) is 22.3. The Balaban J connectivity index is 0.000000419. The fraction of sp³-hybridized carbons (Fsp3) is 0.400. The molecular weight excluding hydrogens is 641 g/mol. The van der Waals surface area contributed by atoms with Crippen molar-refractivity contribution >= 4 is 14.6 Å². The van der Waals surface area contributed by atoms with E-state index in [0.717, 1.165) is 32.8 Å². The molecule has 0 radical (unpaired) electrons. The summed E-state index contributed by atoms with van der Waals surface area (Å²) in [5.41, 5.74) is 5.47. The van der Waals surface area contributed by atoms with E-state index in [4.69, 9.17) is 5.11 Å². The summed E-state index contributed by atoms with van der Waals surface area (Å²) < 4.78 is 31.8. The Bertz CT molecular complexity index is 1300. The van der Waals surface area contributed by atoms with Crippen molar-refractivity contribution in [1.82, 2.24) is 9.34 Å². The Morgan fingerprint density at radius 1 is 0.458 bits per heavy atom. The van der Waals surface area contributed by atoms with Gasteiger partial charge in [-0.25, -0.2) is 0 Å². The van der Waals surface area contributed by atoms with Crippen LogP contribution in [0.1, 0.15) is 91.8 Å². The minimum atomic E-state index is -2.47. The van der Waals surface area contributed by atoms with Gasteiger partial charge in [0.1, 0.15) is 0 Å². The van der Waals surface area contributed by atoms with E-state index in [9.17, 15) is 9.13 Å². The van der Waals surface area contributed by atoms with Crippen LogP contribution in [0.4, 0.5) is 0 Å². The van der Waals surface area contributed by atoms with Crippen LogP contribution in [0.15, 0.2) is 121 Å². The van der Waals surface area contributed by atoms with E-state index >= 15 is 0 Å². The molecule has 1 unspecified atom stereocenters. The SMILES string of the molecule is C.CC.CN(C)P1(=O)[C@@H](c2ccccc2)CC[C@@H]1c1ccccc1.CN(C)P1(=O)[C@@H](c2ccccc2)CC[C@H]1c1ccccc1.C[O-].[Na+]. The largest absolute Gasteiger partial charge is 1.00 e.